The molecule has 0 bridgehead atoms. The van der Waals surface area contributed by atoms with Crippen LogP contribution < -0.4 is 10.0 Å². The normalized spacial score (nSPS) is 59.3. The van der Waals surface area contributed by atoms with E-state index in [2.05, 4.69) is 17.0 Å². The van der Waals surface area contributed by atoms with Crippen LogP contribution in [0.4, 0.5) is 4.79 Å². The van der Waals surface area contributed by atoms with Crippen LogP contribution in [0.2, 0.25) is 0 Å². The Labute approximate surface area is 127 Å². The Morgan fingerprint density at radius 2 is 1.67 bits per heavy atom. The van der Waals surface area contributed by atoms with E-state index in [4.69, 9.17) is 5.11 Å². The van der Waals surface area contributed by atoms with Gasteiger partial charge in [-0.15, -0.1) is 4.72 Å². The lowest BCUT2D eigenvalue weighted by Gasteiger charge is -3.11. The van der Waals surface area contributed by atoms with Gasteiger partial charge in [0.05, 0.1) is 11.6 Å². The minimum atomic E-state index is -1.02. The van der Waals surface area contributed by atoms with Crippen LogP contribution in [-0.4, -0.2) is 32.1 Å². The van der Waals surface area contributed by atoms with Crippen molar-refractivity contribution in [2.24, 2.45) is 40.9 Å². The summed E-state index contributed by atoms with van der Waals surface area (Å²) in [5, 5.41) is 11.9. The monoisotopic (exact) mass is 310 g/mol. The zero-order valence-electron chi connectivity index (χ0n) is 12.7. The first kappa shape index (κ1) is 13.0. The molecule has 0 radical (unpaired) electrons. The quantitative estimate of drug-likeness (QED) is 0.681. The lowest BCUT2D eigenvalue weighted by atomic mass is 8.93. The van der Waals surface area contributed by atoms with Gasteiger partial charge in [-0.25, -0.2) is 4.79 Å². The molecule has 6 rings (SSSR count). The average Bonchev–Trinajstić information content (AvgIpc) is 2.37. The number of amides is 1. The standard InChI is InChI=1S/C15H22N2O3S/c1-5(17-21(20)13(2,3)4)14-6-9-7(14)11-8(14)10(6)15(9,11)16-12(18)19/h5-11,16-17H,1-4H3,(H,18,19)/t5?,6?,7?,8?,9?,10?,11?,14?,15?,21-/m0/s1. The molecule has 2 atom stereocenters. The first-order chi connectivity index (χ1) is 9.70. The van der Waals surface area contributed by atoms with Gasteiger partial charge < -0.3 is 15.0 Å². The molecule has 5 nitrogen and oxygen atoms in total. The lowest BCUT2D eigenvalue weighted by Crippen LogP contribution is -3.16. The Bertz CT molecular complexity index is 518. The lowest BCUT2D eigenvalue weighted by molar-refractivity contribution is -0.628. The SMILES string of the molecule is CC(N[S@@+]([O-])C(C)(C)C)C12C3C4C1C1C2C3C41NC(=O)O. The van der Waals surface area contributed by atoms with Crippen molar-refractivity contribution in [3.8, 4) is 0 Å². The minimum absolute atomic E-state index is 0.0313. The molecule has 0 aromatic carbocycles. The molecule has 0 aromatic heterocycles. The summed E-state index contributed by atoms with van der Waals surface area (Å²) in [6.45, 7) is 8.17. The highest BCUT2D eigenvalue weighted by Crippen LogP contribution is 3.07. The molecule has 6 heteroatoms. The molecule has 0 heterocycles. The van der Waals surface area contributed by atoms with E-state index in [0.29, 0.717) is 40.9 Å². The van der Waals surface area contributed by atoms with Crippen molar-refractivity contribution in [1.82, 2.24) is 10.0 Å². The van der Waals surface area contributed by atoms with Crippen LogP contribution in [0, 0.1) is 40.9 Å². The molecular weight excluding hydrogens is 288 g/mol. The number of carbonyl (C=O) groups is 1. The highest BCUT2D eigenvalue weighted by Gasteiger charge is 3.11. The predicted octanol–water partition coefficient (Wildman–Crippen LogP) is 1.18. The van der Waals surface area contributed by atoms with Gasteiger partial charge in [-0.1, -0.05) is 0 Å². The summed E-state index contributed by atoms with van der Waals surface area (Å²) >= 11 is -1.02. The average molecular weight is 310 g/mol. The van der Waals surface area contributed by atoms with Gasteiger partial charge in [-0.3, -0.25) is 0 Å². The minimum Gasteiger partial charge on any atom is -0.598 e. The Hall–Kier alpha value is -0.460. The van der Waals surface area contributed by atoms with Crippen molar-refractivity contribution in [2.45, 2.75) is 44.0 Å². The van der Waals surface area contributed by atoms with E-state index in [1.54, 1.807) is 0 Å². The third kappa shape index (κ3) is 0.927. The fourth-order valence-electron chi connectivity index (χ4n) is 7.35. The smallest absolute Gasteiger partial charge is 0.405 e. The summed E-state index contributed by atoms with van der Waals surface area (Å²) in [6, 6.07) is 0.282. The van der Waals surface area contributed by atoms with Crippen LogP contribution in [0.3, 0.4) is 0 Å². The Morgan fingerprint density at radius 3 is 2.05 bits per heavy atom. The van der Waals surface area contributed by atoms with Gasteiger partial charge in [-0.05, 0) is 63.2 Å². The van der Waals surface area contributed by atoms with Gasteiger partial charge >= 0.3 is 6.09 Å². The van der Waals surface area contributed by atoms with Crippen molar-refractivity contribution in [3.05, 3.63) is 0 Å². The highest BCUT2D eigenvalue weighted by atomic mass is 32.2. The van der Waals surface area contributed by atoms with Gasteiger partial charge in [-0.2, -0.15) is 0 Å². The van der Waals surface area contributed by atoms with Crippen LogP contribution in [0.15, 0.2) is 0 Å². The third-order valence-corrected chi connectivity index (χ3v) is 9.30. The largest absolute Gasteiger partial charge is 0.598 e. The summed E-state index contributed by atoms with van der Waals surface area (Å²) in [7, 11) is 0. The topological polar surface area (TPSA) is 84.4 Å². The molecular formula is C15H22N2O3S. The van der Waals surface area contributed by atoms with E-state index in [-0.39, 0.29) is 16.3 Å². The van der Waals surface area contributed by atoms with E-state index in [9.17, 15) is 9.35 Å². The second-order valence-corrected chi connectivity index (χ2v) is 10.7. The summed E-state index contributed by atoms with van der Waals surface area (Å²) < 4.78 is 15.4. The molecule has 0 spiro atoms. The van der Waals surface area contributed by atoms with Crippen molar-refractivity contribution in [1.29, 1.82) is 0 Å². The number of hydrogen-bond acceptors (Lipinski definition) is 3. The maximum Gasteiger partial charge on any atom is 0.405 e. The highest BCUT2D eigenvalue weighted by molar-refractivity contribution is 7.90. The zero-order valence-corrected chi connectivity index (χ0v) is 13.5. The van der Waals surface area contributed by atoms with Gasteiger partial charge in [0.2, 0.25) is 0 Å². The Kier molecular flexibility index (Phi) is 1.92. The second-order valence-electron chi connectivity index (χ2n) is 8.74. The van der Waals surface area contributed by atoms with Crippen LogP contribution in [-0.2, 0) is 11.4 Å². The van der Waals surface area contributed by atoms with E-state index >= 15 is 0 Å². The fourth-order valence-corrected chi connectivity index (χ4v) is 8.23. The summed E-state index contributed by atoms with van der Waals surface area (Å²) in [6.07, 6.45) is -0.861. The van der Waals surface area contributed by atoms with E-state index in [1.807, 2.05) is 20.8 Å². The van der Waals surface area contributed by atoms with E-state index in [1.165, 1.54) is 0 Å². The second kappa shape index (κ2) is 3.10. The summed E-state index contributed by atoms with van der Waals surface area (Å²) in [4.78, 5) is 11.0. The van der Waals surface area contributed by atoms with Crippen molar-refractivity contribution in [3.63, 3.8) is 0 Å². The van der Waals surface area contributed by atoms with Gasteiger partial charge in [0.15, 0.2) is 0 Å². The number of carboxylic acid groups (broad SMARTS) is 1. The molecule has 0 saturated heterocycles. The molecule has 0 aromatic rings. The van der Waals surface area contributed by atoms with Crippen molar-refractivity contribution >= 4 is 17.5 Å². The van der Waals surface area contributed by atoms with E-state index in [0.717, 1.165) is 0 Å². The van der Waals surface area contributed by atoms with Crippen LogP contribution >= 0.6 is 0 Å². The molecule has 1 unspecified atom stereocenters. The fraction of sp³-hybridized carbons (Fsp3) is 0.933. The molecule has 6 aliphatic rings. The number of hydrogen-bond donors (Lipinski definition) is 3. The van der Waals surface area contributed by atoms with Gasteiger partial charge in [0.1, 0.15) is 4.75 Å². The molecule has 6 fully saturated rings. The first-order valence-corrected chi connectivity index (χ1v) is 9.04. The first-order valence-electron chi connectivity index (χ1n) is 7.89. The molecule has 21 heavy (non-hydrogen) atoms. The van der Waals surface area contributed by atoms with Gasteiger partial charge in [0, 0.05) is 16.8 Å². The predicted molar refractivity (Wildman–Crippen MR) is 77.8 cm³/mol. The maximum absolute atomic E-state index is 12.3. The van der Waals surface area contributed by atoms with Crippen LogP contribution in [0.25, 0.3) is 0 Å². The summed E-state index contributed by atoms with van der Waals surface area (Å²) in [5.74, 6) is 3.80. The molecule has 6 aliphatic carbocycles. The van der Waals surface area contributed by atoms with Crippen molar-refractivity contribution < 1.29 is 14.5 Å². The molecule has 1 amide bonds. The third-order valence-electron chi connectivity index (χ3n) is 7.62. The molecule has 6 saturated carbocycles. The molecule has 3 N–H and O–H groups in total. The Balaban J connectivity index is 1.32. The maximum atomic E-state index is 12.3. The van der Waals surface area contributed by atoms with Crippen LogP contribution in [0.1, 0.15) is 27.7 Å². The Morgan fingerprint density at radius 1 is 1.19 bits per heavy atom. The van der Waals surface area contributed by atoms with Crippen LogP contribution in [0.5, 0.6) is 0 Å². The van der Waals surface area contributed by atoms with Crippen molar-refractivity contribution in [2.75, 3.05) is 0 Å². The van der Waals surface area contributed by atoms with E-state index < -0.39 is 17.5 Å². The van der Waals surface area contributed by atoms with Gasteiger partial charge in [0.25, 0.3) is 0 Å². The number of nitrogens with one attached hydrogen (secondary N) is 2. The zero-order chi connectivity index (χ0) is 15.1. The molecule has 0 aliphatic heterocycles. The summed E-state index contributed by atoms with van der Waals surface area (Å²) in [5.41, 5.74) is 0.319. The number of rotatable bonds is 4. The molecule has 116 valence electrons.